The predicted molar refractivity (Wildman–Crippen MR) is 61.0 cm³/mol. The van der Waals surface area contributed by atoms with Gasteiger partial charge in [0.25, 0.3) is 0 Å². The first-order valence-electron chi connectivity index (χ1n) is 5.37. The molecular formula is C13H14O3. The molecule has 1 N–H and O–H groups in total. The maximum absolute atomic E-state index is 10.8. The molecule has 0 saturated carbocycles. The molecule has 16 heavy (non-hydrogen) atoms. The van der Waals surface area contributed by atoms with E-state index in [2.05, 4.69) is 0 Å². The Morgan fingerprint density at radius 1 is 1.44 bits per heavy atom. The second-order valence-electron chi connectivity index (χ2n) is 3.76. The standard InChI is InChI=1S/C13H14O3/c1-2-16-12-7-9-5-3-4-6-10(9)11(12)8-13(14)15/h3-7,11H,2,8H2,1H3,(H,14,15). The van der Waals surface area contributed by atoms with Gasteiger partial charge in [-0.2, -0.15) is 0 Å². The molecule has 2 rings (SSSR count). The molecule has 0 aliphatic heterocycles. The molecule has 1 unspecified atom stereocenters. The van der Waals surface area contributed by atoms with Crippen LogP contribution >= 0.6 is 0 Å². The number of hydrogen-bond donors (Lipinski definition) is 1. The van der Waals surface area contributed by atoms with Crippen molar-refractivity contribution in [2.45, 2.75) is 19.3 Å². The Balaban J connectivity index is 2.32. The van der Waals surface area contributed by atoms with Crippen LogP contribution in [0.5, 0.6) is 0 Å². The number of benzene rings is 1. The lowest BCUT2D eigenvalue weighted by Crippen LogP contribution is -2.08. The van der Waals surface area contributed by atoms with Crippen LogP contribution in [0.15, 0.2) is 30.0 Å². The van der Waals surface area contributed by atoms with Crippen LogP contribution in [0.3, 0.4) is 0 Å². The van der Waals surface area contributed by atoms with Crippen LogP contribution in [0.25, 0.3) is 6.08 Å². The van der Waals surface area contributed by atoms with Gasteiger partial charge in [0, 0.05) is 0 Å². The van der Waals surface area contributed by atoms with E-state index < -0.39 is 5.97 Å². The summed E-state index contributed by atoms with van der Waals surface area (Å²) >= 11 is 0. The number of carbonyl (C=O) groups is 1. The average Bonchev–Trinajstić information content (AvgIpc) is 2.57. The molecule has 3 heteroatoms. The number of carboxylic acids is 1. The number of hydrogen-bond acceptors (Lipinski definition) is 2. The average molecular weight is 218 g/mol. The van der Waals surface area contributed by atoms with Gasteiger partial charge < -0.3 is 9.84 Å². The maximum Gasteiger partial charge on any atom is 0.304 e. The Hall–Kier alpha value is -1.77. The van der Waals surface area contributed by atoms with Crippen LogP contribution in [0.4, 0.5) is 0 Å². The summed E-state index contributed by atoms with van der Waals surface area (Å²) in [6.07, 6.45) is 2.02. The molecule has 1 atom stereocenters. The zero-order chi connectivity index (χ0) is 11.5. The van der Waals surface area contributed by atoms with Crippen molar-refractivity contribution in [2.75, 3.05) is 6.61 Å². The Bertz CT molecular complexity index is 435. The zero-order valence-electron chi connectivity index (χ0n) is 9.14. The van der Waals surface area contributed by atoms with Gasteiger partial charge in [-0.3, -0.25) is 4.79 Å². The summed E-state index contributed by atoms with van der Waals surface area (Å²) in [5.74, 6) is -0.160. The molecule has 0 saturated heterocycles. The Kier molecular flexibility index (Phi) is 2.95. The van der Waals surface area contributed by atoms with Crippen molar-refractivity contribution in [3.05, 3.63) is 41.2 Å². The minimum absolute atomic E-state index is 0.0862. The van der Waals surface area contributed by atoms with Gasteiger partial charge in [0.05, 0.1) is 18.9 Å². The van der Waals surface area contributed by atoms with E-state index in [0.29, 0.717) is 6.61 Å². The van der Waals surface area contributed by atoms with Crippen LogP contribution < -0.4 is 0 Å². The van der Waals surface area contributed by atoms with Gasteiger partial charge in [0.2, 0.25) is 0 Å². The van der Waals surface area contributed by atoms with Crippen LogP contribution in [0.2, 0.25) is 0 Å². The number of carboxylic acid groups (broad SMARTS) is 1. The van der Waals surface area contributed by atoms with Crippen molar-refractivity contribution in [1.82, 2.24) is 0 Å². The molecular weight excluding hydrogens is 204 g/mol. The van der Waals surface area contributed by atoms with Crippen LogP contribution in [0, 0.1) is 0 Å². The second-order valence-corrected chi connectivity index (χ2v) is 3.76. The minimum Gasteiger partial charge on any atom is -0.498 e. The third kappa shape index (κ3) is 1.94. The zero-order valence-corrected chi connectivity index (χ0v) is 9.14. The van der Waals surface area contributed by atoms with Crippen LogP contribution in [-0.2, 0) is 9.53 Å². The third-order valence-electron chi connectivity index (χ3n) is 2.70. The number of fused-ring (bicyclic) bond motifs is 1. The van der Waals surface area contributed by atoms with Crippen molar-refractivity contribution in [3.63, 3.8) is 0 Å². The number of allylic oxidation sites excluding steroid dienone is 1. The van der Waals surface area contributed by atoms with Gasteiger partial charge in [0.1, 0.15) is 5.76 Å². The topological polar surface area (TPSA) is 46.5 Å². The first kappa shape index (κ1) is 10.7. The molecule has 0 bridgehead atoms. The van der Waals surface area contributed by atoms with E-state index in [0.717, 1.165) is 16.9 Å². The van der Waals surface area contributed by atoms with Gasteiger partial charge in [-0.05, 0) is 24.1 Å². The summed E-state index contributed by atoms with van der Waals surface area (Å²) in [6.45, 7) is 2.47. The molecule has 0 aromatic heterocycles. The molecule has 3 nitrogen and oxygen atoms in total. The summed E-state index contributed by atoms with van der Waals surface area (Å²) < 4.78 is 5.50. The Morgan fingerprint density at radius 3 is 2.88 bits per heavy atom. The monoisotopic (exact) mass is 218 g/mol. The number of rotatable bonds is 4. The molecule has 0 spiro atoms. The highest BCUT2D eigenvalue weighted by Crippen LogP contribution is 2.38. The van der Waals surface area contributed by atoms with Crippen molar-refractivity contribution < 1.29 is 14.6 Å². The second kappa shape index (κ2) is 4.39. The van der Waals surface area contributed by atoms with Gasteiger partial charge in [-0.15, -0.1) is 0 Å². The SMILES string of the molecule is CCOC1=Cc2ccccc2C1CC(=O)O. The summed E-state index contributed by atoms with van der Waals surface area (Å²) in [5.41, 5.74) is 2.12. The van der Waals surface area contributed by atoms with Crippen LogP contribution in [-0.4, -0.2) is 17.7 Å². The van der Waals surface area contributed by atoms with Gasteiger partial charge >= 0.3 is 5.97 Å². The first-order valence-corrected chi connectivity index (χ1v) is 5.37. The minimum atomic E-state index is -0.799. The van der Waals surface area contributed by atoms with E-state index in [1.165, 1.54) is 0 Å². The number of aliphatic carboxylic acids is 1. The molecule has 0 amide bonds. The lowest BCUT2D eigenvalue weighted by molar-refractivity contribution is -0.137. The predicted octanol–water partition coefficient (Wildman–Crippen LogP) is 2.64. The smallest absolute Gasteiger partial charge is 0.304 e. The summed E-state index contributed by atoms with van der Waals surface area (Å²) in [4.78, 5) is 10.8. The van der Waals surface area contributed by atoms with E-state index in [4.69, 9.17) is 9.84 Å². The fourth-order valence-corrected chi connectivity index (χ4v) is 2.06. The highest BCUT2D eigenvalue weighted by Gasteiger charge is 2.28. The van der Waals surface area contributed by atoms with Crippen molar-refractivity contribution in [2.24, 2.45) is 0 Å². The molecule has 0 radical (unpaired) electrons. The molecule has 1 aromatic carbocycles. The lowest BCUT2D eigenvalue weighted by Gasteiger charge is -2.14. The molecule has 0 heterocycles. The van der Waals surface area contributed by atoms with Gasteiger partial charge in [0.15, 0.2) is 0 Å². The number of ether oxygens (including phenoxy) is 1. The fourth-order valence-electron chi connectivity index (χ4n) is 2.06. The van der Waals surface area contributed by atoms with Crippen molar-refractivity contribution in [3.8, 4) is 0 Å². The highest BCUT2D eigenvalue weighted by atomic mass is 16.5. The van der Waals surface area contributed by atoms with Gasteiger partial charge in [-0.25, -0.2) is 0 Å². The quantitative estimate of drug-likeness (QED) is 0.845. The summed E-state index contributed by atoms with van der Waals surface area (Å²) in [7, 11) is 0. The molecule has 1 aromatic rings. The maximum atomic E-state index is 10.8. The fraction of sp³-hybridized carbons (Fsp3) is 0.308. The van der Waals surface area contributed by atoms with E-state index >= 15 is 0 Å². The normalized spacial score (nSPS) is 17.8. The van der Waals surface area contributed by atoms with E-state index in [9.17, 15) is 4.79 Å². The molecule has 84 valence electrons. The molecule has 1 aliphatic rings. The first-order chi connectivity index (χ1) is 7.72. The third-order valence-corrected chi connectivity index (χ3v) is 2.70. The van der Waals surface area contributed by atoms with Gasteiger partial charge in [-0.1, -0.05) is 24.3 Å². The van der Waals surface area contributed by atoms with E-state index in [-0.39, 0.29) is 12.3 Å². The van der Waals surface area contributed by atoms with Crippen LogP contribution in [0.1, 0.15) is 30.4 Å². The van der Waals surface area contributed by atoms with Crippen molar-refractivity contribution in [1.29, 1.82) is 0 Å². The Morgan fingerprint density at radius 2 is 2.19 bits per heavy atom. The highest BCUT2D eigenvalue weighted by molar-refractivity contribution is 5.73. The van der Waals surface area contributed by atoms with E-state index in [1.807, 2.05) is 37.3 Å². The molecule has 1 aliphatic carbocycles. The largest absolute Gasteiger partial charge is 0.498 e. The Labute approximate surface area is 94.4 Å². The van der Waals surface area contributed by atoms with Crippen molar-refractivity contribution >= 4 is 12.0 Å². The lowest BCUT2D eigenvalue weighted by atomic mass is 9.97. The van der Waals surface area contributed by atoms with E-state index in [1.54, 1.807) is 0 Å². The summed E-state index contributed by atoms with van der Waals surface area (Å²) in [6, 6.07) is 7.82. The molecule has 0 fully saturated rings. The summed E-state index contributed by atoms with van der Waals surface area (Å²) in [5, 5.41) is 8.90.